The molecule has 0 saturated heterocycles. The van der Waals surface area contributed by atoms with Gasteiger partial charge in [0.05, 0.1) is 6.61 Å². The van der Waals surface area contributed by atoms with E-state index in [4.69, 9.17) is 5.11 Å². The molecule has 0 aromatic carbocycles. The lowest BCUT2D eigenvalue weighted by atomic mass is 10.7. The second-order valence-electron chi connectivity index (χ2n) is 1.34. The number of carbonyl (C=O) groups excluding carboxylic acids is 1. The summed E-state index contributed by atoms with van der Waals surface area (Å²) in [5, 5.41) is 10.6. The van der Waals surface area contributed by atoms with Crippen LogP contribution in [0, 0.1) is 0 Å². The van der Waals surface area contributed by atoms with E-state index in [0.717, 1.165) is 0 Å². The number of carbonyl (C=O) groups is 1. The van der Waals surface area contributed by atoms with Gasteiger partial charge in [0.15, 0.2) is 0 Å². The molecule has 0 atom stereocenters. The van der Waals surface area contributed by atoms with E-state index in [1.807, 2.05) is 0 Å². The molecule has 5 nitrogen and oxygen atoms in total. The molecule has 0 spiro atoms. The van der Waals surface area contributed by atoms with Crippen molar-refractivity contribution in [2.45, 2.75) is 6.92 Å². The van der Waals surface area contributed by atoms with Crippen LogP contribution in [0.15, 0.2) is 4.99 Å². The van der Waals surface area contributed by atoms with Crippen LogP contribution >= 0.6 is 0 Å². The Kier molecular flexibility index (Phi) is 13.6. The number of rotatable bonds is 2. The number of nitrogens with one attached hydrogen (secondary N) is 1. The Morgan fingerprint density at radius 1 is 1.73 bits per heavy atom. The van der Waals surface area contributed by atoms with Crippen molar-refractivity contribution in [2.24, 2.45) is 10.7 Å². The number of aliphatic imine (C=N–C) groups is 1. The number of nitrogens with zero attached hydrogens (tertiary/aromatic N) is 1. The first-order valence-electron chi connectivity index (χ1n) is 3.26. The summed E-state index contributed by atoms with van der Waals surface area (Å²) in [6.45, 7) is 1.86. The predicted molar refractivity (Wildman–Crippen MR) is 44.8 cm³/mol. The Morgan fingerprint density at radius 2 is 2.27 bits per heavy atom. The third-order valence-corrected chi connectivity index (χ3v) is 0.634. The predicted octanol–water partition coefficient (Wildman–Crippen LogP) is -0.646. The minimum Gasteiger partial charge on any atom is -0.395 e. The third-order valence-electron chi connectivity index (χ3n) is 0.634. The highest BCUT2D eigenvalue weighted by Crippen LogP contribution is 1.69. The van der Waals surface area contributed by atoms with Crippen molar-refractivity contribution < 1.29 is 9.90 Å². The Bertz CT molecular complexity index is 114. The van der Waals surface area contributed by atoms with Crippen molar-refractivity contribution in [3.63, 3.8) is 0 Å². The fourth-order valence-electron chi connectivity index (χ4n) is 0.326. The zero-order valence-corrected chi connectivity index (χ0v) is 6.87. The Hall–Kier alpha value is -0.940. The number of hydrogen-bond acceptors (Lipinski definition) is 3. The van der Waals surface area contributed by atoms with Gasteiger partial charge in [-0.15, -0.1) is 0 Å². The standard InChI is InChI=1S/C5H10N2O2.CH5N/c1-2-6-5(9)7-3-4-8;1-2/h2,8H,3-4H2,1H3,(H,7,9);2H2,1H3. The van der Waals surface area contributed by atoms with Crippen LogP contribution in [-0.2, 0) is 0 Å². The van der Waals surface area contributed by atoms with Crippen LogP contribution in [0.3, 0.4) is 0 Å². The average molecular weight is 161 g/mol. The fourth-order valence-corrected chi connectivity index (χ4v) is 0.326. The maximum atomic E-state index is 10.4. The van der Waals surface area contributed by atoms with Gasteiger partial charge in [-0.3, -0.25) is 0 Å². The molecular formula is C6H15N3O2. The van der Waals surface area contributed by atoms with Crippen molar-refractivity contribution in [1.29, 1.82) is 0 Å². The van der Waals surface area contributed by atoms with Crippen molar-refractivity contribution in [3.05, 3.63) is 0 Å². The molecule has 0 aromatic heterocycles. The van der Waals surface area contributed by atoms with E-state index in [-0.39, 0.29) is 13.2 Å². The number of hydrogen-bond donors (Lipinski definition) is 3. The monoisotopic (exact) mass is 161 g/mol. The smallest absolute Gasteiger partial charge is 0.340 e. The summed E-state index contributed by atoms with van der Waals surface area (Å²) >= 11 is 0. The molecule has 0 saturated carbocycles. The van der Waals surface area contributed by atoms with Crippen LogP contribution < -0.4 is 11.1 Å². The molecular weight excluding hydrogens is 146 g/mol. The van der Waals surface area contributed by atoms with Crippen LogP contribution in [-0.4, -0.2) is 37.6 Å². The third kappa shape index (κ3) is 12.3. The highest BCUT2D eigenvalue weighted by atomic mass is 16.3. The van der Waals surface area contributed by atoms with E-state index < -0.39 is 6.03 Å². The number of nitrogens with two attached hydrogens (primary N) is 1. The lowest BCUT2D eigenvalue weighted by molar-refractivity contribution is 0.242. The van der Waals surface area contributed by atoms with Gasteiger partial charge < -0.3 is 16.2 Å². The summed E-state index contributed by atoms with van der Waals surface area (Å²) < 4.78 is 0. The maximum absolute atomic E-state index is 10.4. The summed E-state index contributed by atoms with van der Waals surface area (Å²) in [5.41, 5.74) is 4.50. The fraction of sp³-hybridized carbons (Fsp3) is 0.667. The lowest BCUT2D eigenvalue weighted by Gasteiger charge is -1.94. The van der Waals surface area contributed by atoms with Gasteiger partial charge >= 0.3 is 6.03 Å². The number of urea groups is 1. The van der Waals surface area contributed by atoms with E-state index in [1.165, 1.54) is 13.3 Å². The average Bonchev–Trinajstić information content (AvgIpc) is 2.05. The van der Waals surface area contributed by atoms with Gasteiger partial charge in [0.1, 0.15) is 0 Å². The SMILES string of the molecule is CC=NC(=O)NCCO.CN. The molecule has 0 aliphatic carbocycles. The summed E-state index contributed by atoms with van der Waals surface area (Å²) in [7, 11) is 1.50. The molecule has 0 rings (SSSR count). The summed E-state index contributed by atoms with van der Waals surface area (Å²) in [5.74, 6) is 0. The van der Waals surface area contributed by atoms with Gasteiger partial charge in [0.2, 0.25) is 0 Å². The van der Waals surface area contributed by atoms with Gasteiger partial charge in [-0.25, -0.2) is 9.79 Å². The van der Waals surface area contributed by atoms with E-state index in [2.05, 4.69) is 16.0 Å². The Balaban J connectivity index is 0. The van der Waals surface area contributed by atoms with Crippen molar-refractivity contribution >= 4 is 12.2 Å². The van der Waals surface area contributed by atoms with Crippen molar-refractivity contribution in [3.8, 4) is 0 Å². The molecule has 5 heteroatoms. The Labute approximate surface area is 66.3 Å². The molecule has 0 aliphatic rings. The van der Waals surface area contributed by atoms with E-state index >= 15 is 0 Å². The molecule has 0 bridgehead atoms. The van der Waals surface area contributed by atoms with Gasteiger partial charge in [-0.05, 0) is 14.0 Å². The molecule has 0 heterocycles. The first-order chi connectivity index (χ1) is 5.31. The van der Waals surface area contributed by atoms with E-state index in [9.17, 15) is 4.79 Å². The minimum atomic E-state index is -0.411. The van der Waals surface area contributed by atoms with Gasteiger partial charge in [0.25, 0.3) is 0 Å². The first kappa shape index (κ1) is 12.7. The van der Waals surface area contributed by atoms with Crippen LogP contribution in [0.5, 0.6) is 0 Å². The molecule has 0 fully saturated rings. The zero-order valence-electron chi connectivity index (χ0n) is 6.87. The summed E-state index contributed by atoms with van der Waals surface area (Å²) in [4.78, 5) is 13.8. The van der Waals surface area contributed by atoms with Crippen LogP contribution in [0.1, 0.15) is 6.92 Å². The zero-order chi connectivity index (χ0) is 9.11. The number of amides is 2. The summed E-state index contributed by atoms with van der Waals surface area (Å²) in [6, 6.07) is -0.411. The van der Waals surface area contributed by atoms with Crippen LogP contribution in [0.25, 0.3) is 0 Å². The van der Waals surface area contributed by atoms with Gasteiger partial charge in [0, 0.05) is 12.8 Å². The number of aliphatic hydroxyl groups excluding tert-OH is 1. The first-order valence-corrected chi connectivity index (χ1v) is 3.26. The lowest BCUT2D eigenvalue weighted by Crippen LogP contribution is -2.22. The minimum absolute atomic E-state index is 0.0506. The van der Waals surface area contributed by atoms with E-state index in [0.29, 0.717) is 0 Å². The second-order valence-corrected chi connectivity index (χ2v) is 1.34. The molecule has 11 heavy (non-hydrogen) atoms. The van der Waals surface area contributed by atoms with Crippen molar-refractivity contribution in [1.82, 2.24) is 5.32 Å². The summed E-state index contributed by atoms with van der Waals surface area (Å²) in [6.07, 6.45) is 1.40. The van der Waals surface area contributed by atoms with Gasteiger partial charge in [-0.2, -0.15) is 0 Å². The Morgan fingerprint density at radius 3 is 2.64 bits per heavy atom. The molecule has 66 valence electrons. The molecule has 0 radical (unpaired) electrons. The number of aliphatic hydroxyl groups is 1. The molecule has 0 aromatic rings. The highest BCUT2D eigenvalue weighted by Gasteiger charge is 1.90. The normalized spacial score (nSPS) is 8.73. The van der Waals surface area contributed by atoms with Crippen molar-refractivity contribution in [2.75, 3.05) is 20.2 Å². The van der Waals surface area contributed by atoms with Crippen LogP contribution in [0.4, 0.5) is 4.79 Å². The largest absolute Gasteiger partial charge is 0.395 e. The van der Waals surface area contributed by atoms with E-state index in [1.54, 1.807) is 6.92 Å². The molecule has 4 N–H and O–H groups in total. The molecule has 0 unspecified atom stereocenters. The molecule has 0 aliphatic heterocycles. The van der Waals surface area contributed by atoms with Gasteiger partial charge in [-0.1, -0.05) is 0 Å². The topological polar surface area (TPSA) is 87.7 Å². The molecule has 2 amide bonds. The maximum Gasteiger partial charge on any atom is 0.340 e. The quantitative estimate of drug-likeness (QED) is 0.470. The highest BCUT2D eigenvalue weighted by molar-refractivity contribution is 5.82. The second kappa shape index (κ2) is 11.8. The van der Waals surface area contributed by atoms with Crippen LogP contribution in [0.2, 0.25) is 0 Å².